The summed E-state index contributed by atoms with van der Waals surface area (Å²) in [6.07, 6.45) is 3.71. The molecule has 2 N–H and O–H groups in total. The number of carbonyl (C=O) groups excluding carboxylic acids is 1. The van der Waals surface area contributed by atoms with Crippen molar-refractivity contribution in [3.8, 4) is 23.0 Å². The van der Waals surface area contributed by atoms with Crippen LogP contribution in [0.1, 0.15) is 12.0 Å². The van der Waals surface area contributed by atoms with E-state index < -0.39 is 17.7 Å². The Balaban J connectivity index is 1.21. The van der Waals surface area contributed by atoms with Gasteiger partial charge in [0.05, 0.1) is 44.3 Å². The first-order valence-corrected chi connectivity index (χ1v) is 14.6. The molecule has 1 aromatic heterocycles. The number of carbonyl (C=O) groups is 1. The van der Waals surface area contributed by atoms with E-state index in [1.165, 1.54) is 36.5 Å². The minimum absolute atomic E-state index is 0.0103. The van der Waals surface area contributed by atoms with E-state index in [-0.39, 0.29) is 5.75 Å². The summed E-state index contributed by atoms with van der Waals surface area (Å²) in [5, 5.41) is 6.98. The van der Waals surface area contributed by atoms with Gasteiger partial charge >= 0.3 is 6.03 Å². The first-order valence-electron chi connectivity index (χ1n) is 13.8. The van der Waals surface area contributed by atoms with Crippen LogP contribution in [-0.2, 0) is 4.74 Å². The maximum Gasteiger partial charge on any atom is 0.339 e. The number of fused-ring (bicyclic) bond motifs is 1. The fourth-order valence-corrected chi connectivity index (χ4v) is 4.94. The lowest BCUT2D eigenvalue weighted by Crippen LogP contribution is -2.37. The number of hydrazone groups is 1. The van der Waals surface area contributed by atoms with Crippen molar-refractivity contribution in [3.63, 3.8) is 0 Å². The molecular formula is C31H30BrF2N5O5. The second-order valence-electron chi connectivity index (χ2n) is 9.73. The molecule has 1 aliphatic rings. The van der Waals surface area contributed by atoms with E-state index in [0.29, 0.717) is 50.5 Å². The van der Waals surface area contributed by atoms with Gasteiger partial charge in [-0.3, -0.25) is 9.88 Å². The van der Waals surface area contributed by atoms with Gasteiger partial charge in [-0.15, -0.1) is 0 Å². The lowest BCUT2D eigenvalue weighted by molar-refractivity contribution is 0.0357. The van der Waals surface area contributed by atoms with Crippen molar-refractivity contribution in [2.45, 2.75) is 6.42 Å². The van der Waals surface area contributed by atoms with Gasteiger partial charge in [0.15, 0.2) is 23.1 Å². The zero-order chi connectivity index (χ0) is 30.9. The molecule has 3 aromatic carbocycles. The third-order valence-corrected chi connectivity index (χ3v) is 7.36. The van der Waals surface area contributed by atoms with Crippen molar-refractivity contribution < 1.29 is 32.5 Å². The van der Waals surface area contributed by atoms with E-state index in [9.17, 15) is 9.18 Å². The van der Waals surface area contributed by atoms with Crippen LogP contribution in [0.2, 0.25) is 0 Å². The third-order valence-electron chi connectivity index (χ3n) is 6.70. The Morgan fingerprint density at radius 1 is 1.07 bits per heavy atom. The summed E-state index contributed by atoms with van der Waals surface area (Å²) < 4.78 is 51.5. The number of ether oxygens (including phenoxy) is 4. The molecule has 0 unspecified atom stereocenters. The number of hydrogen-bond acceptors (Lipinski definition) is 8. The van der Waals surface area contributed by atoms with Gasteiger partial charge in [0.25, 0.3) is 0 Å². The van der Waals surface area contributed by atoms with E-state index in [2.05, 4.69) is 41.7 Å². The Morgan fingerprint density at radius 3 is 2.68 bits per heavy atom. The van der Waals surface area contributed by atoms with Crippen molar-refractivity contribution >= 4 is 44.8 Å². The Bertz CT molecular complexity index is 1650. The largest absolute Gasteiger partial charge is 0.493 e. The number of pyridine rings is 1. The van der Waals surface area contributed by atoms with Gasteiger partial charge in [-0.1, -0.05) is 0 Å². The van der Waals surface area contributed by atoms with Crippen LogP contribution >= 0.6 is 15.9 Å². The highest BCUT2D eigenvalue weighted by Crippen LogP contribution is 2.37. The van der Waals surface area contributed by atoms with Crippen molar-refractivity contribution in [1.29, 1.82) is 0 Å². The first kappa shape index (κ1) is 31.1. The lowest BCUT2D eigenvalue weighted by atomic mass is 10.1. The van der Waals surface area contributed by atoms with E-state index in [1.54, 1.807) is 37.6 Å². The van der Waals surface area contributed by atoms with E-state index in [4.69, 9.17) is 18.9 Å². The Kier molecular flexibility index (Phi) is 10.5. The summed E-state index contributed by atoms with van der Waals surface area (Å²) in [5.41, 5.74) is 3.62. The van der Waals surface area contributed by atoms with Crippen LogP contribution in [0, 0.1) is 11.6 Å². The molecule has 0 radical (unpaired) electrons. The normalized spacial score (nSPS) is 13.6. The number of hydrogen-bond donors (Lipinski definition) is 2. The molecule has 4 aromatic rings. The Hall–Kier alpha value is -4.33. The molecule has 1 fully saturated rings. The second-order valence-corrected chi connectivity index (χ2v) is 10.6. The summed E-state index contributed by atoms with van der Waals surface area (Å²) in [4.78, 5) is 18.9. The maximum absolute atomic E-state index is 15.0. The molecule has 0 atom stereocenters. The predicted molar refractivity (Wildman–Crippen MR) is 166 cm³/mol. The van der Waals surface area contributed by atoms with Gasteiger partial charge in [-0.05, 0) is 76.4 Å². The van der Waals surface area contributed by atoms with E-state index in [0.717, 1.165) is 39.3 Å². The molecular weight excluding hydrogens is 640 g/mol. The highest BCUT2D eigenvalue weighted by atomic mass is 79.9. The lowest BCUT2D eigenvalue weighted by Gasteiger charge is -2.26. The standard InChI is InChI=1S/C31H30BrF2N5O5/c1-41-29-17-22-26(18-30(29)43-12-2-9-39-10-13-42-14-11-39)35-8-7-27(22)44-28-6-3-20(15-24(28)34)19-36-38-31(40)37-25-5-4-21(33)16-23(25)32/h3-8,15-19H,2,9-14H2,1H3,(H2,37,38,40)/b36-19+. The molecule has 10 nitrogen and oxygen atoms in total. The SMILES string of the molecule is COc1cc2c(Oc3ccc(/C=N/NC(=O)Nc4ccc(F)cc4Br)cc3F)ccnc2cc1OCCCN1CCOCC1. The average molecular weight is 671 g/mol. The zero-order valence-electron chi connectivity index (χ0n) is 23.8. The van der Waals surface area contributed by atoms with Gasteiger partial charge in [0, 0.05) is 41.8 Å². The molecule has 1 aliphatic heterocycles. The van der Waals surface area contributed by atoms with Crippen LogP contribution in [0.4, 0.5) is 19.3 Å². The summed E-state index contributed by atoms with van der Waals surface area (Å²) in [6, 6.07) is 12.6. The van der Waals surface area contributed by atoms with Crippen molar-refractivity contribution in [1.82, 2.24) is 15.3 Å². The van der Waals surface area contributed by atoms with E-state index >= 15 is 4.39 Å². The number of urea groups is 1. The molecule has 0 aliphatic carbocycles. The van der Waals surface area contributed by atoms with Crippen LogP contribution in [-0.4, -0.2) is 68.7 Å². The number of amides is 2. The topological polar surface area (TPSA) is 107 Å². The number of aromatic nitrogens is 1. The summed E-state index contributed by atoms with van der Waals surface area (Å²) >= 11 is 3.17. The molecule has 2 amide bonds. The van der Waals surface area contributed by atoms with Gasteiger partial charge in [0.1, 0.15) is 11.6 Å². The molecule has 13 heteroatoms. The van der Waals surface area contributed by atoms with Crippen molar-refractivity contribution in [3.05, 3.63) is 82.5 Å². The van der Waals surface area contributed by atoms with E-state index in [1.807, 2.05) is 0 Å². The summed E-state index contributed by atoms with van der Waals surface area (Å²) in [7, 11) is 1.55. The number of nitrogens with one attached hydrogen (secondary N) is 2. The number of rotatable bonds is 11. The van der Waals surface area contributed by atoms with Crippen LogP contribution in [0.5, 0.6) is 23.0 Å². The van der Waals surface area contributed by atoms with Gasteiger partial charge in [-0.2, -0.15) is 5.10 Å². The van der Waals surface area contributed by atoms with Crippen molar-refractivity contribution in [2.75, 3.05) is 51.9 Å². The number of nitrogens with zero attached hydrogens (tertiary/aromatic N) is 3. The molecule has 230 valence electrons. The van der Waals surface area contributed by atoms with Crippen LogP contribution < -0.4 is 25.0 Å². The number of methoxy groups -OCH3 is 1. The summed E-state index contributed by atoms with van der Waals surface area (Å²) in [6.45, 7) is 4.81. The van der Waals surface area contributed by atoms with Gasteiger partial charge < -0.3 is 24.3 Å². The van der Waals surface area contributed by atoms with Crippen LogP contribution in [0.25, 0.3) is 10.9 Å². The molecule has 44 heavy (non-hydrogen) atoms. The zero-order valence-corrected chi connectivity index (χ0v) is 25.4. The smallest absolute Gasteiger partial charge is 0.339 e. The van der Waals surface area contributed by atoms with Crippen LogP contribution in [0.3, 0.4) is 0 Å². The fraction of sp³-hybridized carbons (Fsp3) is 0.258. The average Bonchev–Trinajstić information content (AvgIpc) is 3.02. The monoisotopic (exact) mass is 669 g/mol. The highest BCUT2D eigenvalue weighted by molar-refractivity contribution is 9.10. The molecule has 0 spiro atoms. The quantitative estimate of drug-likeness (QED) is 0.109. The van der Waals surface area contributed by atoms with Crippen molar-refractivity contribution in [2.24, 2.45) is 5.10 Å². The second kappa shape index (κ2) is 14.9. The molecule has 1 saturated heterocycles. The first-order chi connectivity index (χ1) is 21.4. The Morgan fingerprint density at radius 2 is 1.91 bits per heavy atom. The molecule has 0 bridgehead atoms. The van der Waals surface area contributed by atoms with Gasteiger partial charge in [-0.25, -0.2) is 19.0 Å². The summed E-state index contributed by atoms with van der Waals surface area (Å²) in [5.74, 6) is 0.371. The molecule has 5 rings (SSSR count). The van der Waals surface area contributed by atoms with Crippen LogP contribution in [0.15, 0.2) is 70.4 Å². The Labute approximate surface area is 261 Å². The number of benzene rings is 3. The minimum atomic E-state index is -0.657. The van der Waals surface area contributed by atoms with Gasteiger partial charge in [0.2, 0.25) is 0 Å². The number of morpholine rings is 1. The highest BCUT2D eigenvalue weighted by Gasteiger charge is 2.15. The third kappa shape index (κ3) is 8.18. The minimum Gasteiger partial charge on any atom is -0.493 e. The number of halogens is 3. The fourth-order valence-electron chi connectivity index (χ4n) is 4.49. The predicted octanol–water partition coefficient (Wildman–Crippen LogP) is 6.33. The molecule has 2 heterocycles. The number of anilines is 1. The maximum atomic E-state index is 15.0. The molecule has 0 saturated carbocycles.